The first-order valence-electron chi connectivity index (χ1n) is 7.39. The van der Waals surface area contributed by atoms with Crippen LogP contribution in [0.25, 0.3) is 11.3 Å². The maximum Gasteiger partial charge on any atom is 0.335 e. The molecule has 3 rings (SSSR count). The van der Waals surface area contributed by atoms with Crippen molar-refractivity contribution < 1.29 is 19.4 Å². The van der Waals surface area contributed by atoms with E-state index in [2.05, 4.69) is 4.99 Å². The molecule has 1 aromatic heterocycles. The lowest BCUT2D eigenvalue weighted by atomic mass is 10.0. The van der Waals surface area contributed by atoms with E-state index in [-0.39, 0.29) is 17.0 Å². The van der Waals surface area contributed by atoms with Crippen molar-refractivity contribution in [3.63, 3.8) is 0 Å². The number of aryl methyl sites for hydroxylation is 1. The summed E-state index contributed by atoms with van der Waals surface area (Å²) in [5.74, 6) is -0.172. The number of halogens is 1. The highest BCUT2D eigenvalue weighted by Crippen LogP contribution is 2.28. The molecule has 0 atom stereocenters. The van der Waals surface area contributed by atoms with Crippen LogP contribution in [0.5, 0.6) is 5.75 Å². The SMILES string of the molecule is Cc1cc(C(=O)O)ccc1-c1ccc(C=Nc2ccc(Cl)cc2[O-])o1. The van der Waals surface area contributed by atoms with Gasteiger partial charge in [0, 0.05) is 10.6 Å². The van der Waals surface area contributed by atoms with Gasteiger partial charge in [-0.15, -0.1) is 0 Å². The predicted octanol–water partition coefficient (Wildman–Crippen LogP) is 4.43. The molecular formula is C19H13ClNO4-. The zero-order valence-electron chi connectivity index (χ0n) is 13.2. The van der Waals surface area contributed by atoms with Crippen LogP contribution in [0.2, 0.25) is 5.02 Å². The molecule has 0 fully saturated rings. The molecule has 0 saturated carbocycles. The Morgan fingerprint density at radius 3 is 2.68 bits per heavy atom. The molecule has 0 bridgehead atoms. The van der Waals surface area contributed by atoms with Gasteiger partial charge in [0.15, 0.2) is 0 Å². The first-order valence-corrected chi connectivity index (χ1v) is 7.76. The van der Waals surface area contributed by atoms with Crippen LogP contribution >= 0.6 is 11.6 Å². The molecule has 0 unspecified atom stereocenters. The first-order chi connectivity index (χ1) is 11.9. The van der Waals surface area contributed by atoms with E-state index in [4.69, 9.17) is 21.1 Å². The second-order valence-corrected chi connectivity index (χ2v) is 5.84. The van der Waals surface area contributed by atoms with Crippen molar-refractivity contribution in [2.75, 3.05) is 0 Å². The summed E-state index contributed by atoms with van der Waals surface area (Å²) in [4.78, 5) is 15.1. The number of carbonyl (C=O) groups is 1. The van der Waals surface area contributed by atoms with Crippen LogP contribution in [-0.2, 0) is 0 Å². The molecule has 126 valence electrons. The molecule has 5 nitrogen and oxygen atoms in total. The number of hydrogen-bond acceptors (Lipinski definition) is 4. The van der Waals surface area contributed by atoms with Crippen LogP contribution in [0.3, 0.4) is 0 Å². The molecule has 2 aromatic carbocycles. The molecule has 0 spiro atoms. The molecule has 0 radical (unpaired) electrons. The highest BCUT2D eigenvalue weighted by molar-refractivity contribution is 6.30. The smallest absolute Gasteiger partial charge is 0.335 e. The van der Waals surface area contributed by atoms with Crippen LogP contribution < -0.4 is 5.11 Å². The van der Waals surface area contributed by atoms with Crippen molar-refractivity contribution in [1.29, 1.82) is 0 Å². The zero-order chi connectivity index (χ0) is 18.0. The molecule has 1 heterocycles. The number of carboxylic acid groups (broad SMARTS) is 1. The Balaban J connectivity index is 1.85. The first kappa shape index (κ1) is 16.8. The predicted molar refractivity (Wildman–Crippen MR) is 94.0 cm³/mol. The van der Waals surface area contributed by atoms with Crippen LogP contribution in [-0.4, -0.2) is 17.3 Å². The Morgan fingerprint density at radius 1 is 1.20 bits per heavy atom. The van der Waals surface area contributed by atoms with E-state index in [0.29, 0.717) is 16.5 Å². The van der Waals surface area contributed by atoms with E-state index in [1.54, 1.807) is 36.4 Å². The Labute approximate surface area is 148 Å². The Hall–Kier alpha value is -3.05. The second kappa shape index (κ2) is 6.83. The highest BCUT2D eigenvalue weighted by Gasteiger charge is 2.10. The third kappa shape index (κ3) is 3.72. The van der Waals surface area contributed by atoms with Gasteiger partial charge in [-0.2, -0.15) is 0 Å². The minimum absolute atomic E-state index is 0.223. The van der Waals surface area contributed by atoms with Gasteiger partial charge in [0.25, 0.3) is 0 Å². The second-order valence-electron chi connectivity index (χ2n) is 5.41. The average molecular weight is 355 g/mol. The van der Waals surface area contributed by atoms with E-state index in [1.165, 1.54) is 18.3 Å². The molecule has 0 amide bonds. The summed E-state index contributed by atoms with van der Waals surface area (Å²) in [5, 5.41) is 21.1. The number of aliphatic imine (C=N–C) groups is 1. The van der Waals surface area contributed by atoms with Crippen LogP contribution in [0, 0.1) is 6.92 Å². The van der Waals surface area contributed by atoms with E-state index < -0.39 is 5.97 Å². The molecule has 1 N–H and O–H groups in total. The van der Waals surface area contributed by atoms with Crippen molar-refractivity contribution in [1.82, 2.24) is 0 Å². The third-order valence-corrected chi connectivity index (χ3v) is 3.85. The van der Waals surface area contributed by atoms with Gasteiger partial charge < -0.3 is 14.6 Å². The molecule has 3 aromatic rings. The monoisotopic (exact) mass is 354 g/mol. The van der Waals surface area contributed by atoms with Gasteiger partial charge in [0.05, 0.1) is 17.5 Å². The number of benzene rings is 2. The van der Waals surface area contributed by atoms with Gasteiger partial charge in [0.1, 0.15) is 11.5 Å². The molecule has 0 saturated heterocycles. The Morgan fingerprint density at radius 2 is 2.00 bits per heavy atom. The summed E-state index contributed by atoms with van der Waals surface area (Å²) in [6, 6.07) is 12.7. The molecule has 0 aliphatic heterocycles. The molecule has 0 aliphatic carbocycles. The van der Waals surface area contributed by atoms with Crippen LogP contribution in [0.15, 0.2) is 57.9 Å². The van der Waals surface area contributed by atoms with Crippen molar-refractivity contribution in [3.8, 4) is 17.1 Å². The lowest BCUT2D eigenvalue weighted by molar-refractivity contribution is -0.267. The van der Waals surface area contributed by atoms with Gasteiger partial charge in [-0.25, -0.2) is 4.79 Å². The summed E-state index contributed by atoms with van der Waals surface area (Å²) in [6.45, 7) is 1.81. The fraction of sp³-hybridized carbons (Fsp3) is 0.0526. The van der Waals surface area contributed by atoms with Crippen molar-refractivity contribution in [3.05, 3.63) is 70.4 Å². The fourth-order valence-electron chi connectivity index (χ4n) is 2.37. The number of aromatic carboxylic acids is 1. The van der Waals surface area contributed by atoms with Gasteiger partial charge in [-0.3, -0.25) is 4.99 Å². The van der Waals surface area contributed by atoms with Crippen molar-refractivity contribution >= 4 is 29.5 Å². The minimum Gasteiger partial charge on any atom is -0.871 e. The lowest BCUT2D eigenvalue weighted by Gasteiger charge is -2.08. The number of nitrogens with zero attached hydrogens (tertiary/aromatic N) is 1. The minimum atomic E-state index is -0.974. The maximum absolute atomic E-state index is 11.7. The van der Waals surface area contributed by atoms with Gasteiger partial charge >= 0.3 is 5.97 Å². The maximum atomic E-state index is 11.7. The van der Waals surface area contributed by atoms with Crippen molar-refractivity contribution in [2.45, 2.75) is 6.92 Å². The Bertz CT molecular complexity index is 975. The quantitative estimate of drug-likeness (QED) is 0.702. The highest BCUT2D eigenvalue weighted by atomic mass is 35.5. The van der Waals surface area contributed by atoms with E-state index in [1.807, 2.05) is 6.92 Å². The normalized spacial score (nSPS) is 11.1. The third-order valence-electron chi connectivity index (χ3n) is 3.62. The molecule has 25 heavy (non-hydrogen) atoms. The Kier molecular flexibility index (Phi) is 4.59. The largest absolute Gasteiger partial charge is 0.871 e. The van der Waals surface area contributed by atoms with Crippen LogP contribution in [0.1, 0.15) is 21.7 Å². The van der Waals surface area contributed by atoms with E-state index in [9.17, 15) is 9.90 Å². The summed E-state index contributed by atoms with van der Waals surface area (Å²) in [5.41, 5.74) is 2.07. The van der Waals surface area contributed by atoms with E-state index >= 15 is 0 Å². The number of carboxylic acids is 1. The van der Waals surface area contributed by atoms with E-state index in [0.717, 1.165) is 11.1 Å². The summed E-state index contributed by atoms with van der Waals surface area (Å²) in [7, 11) is 0. The average Bonchev–Trinajstić information content (AvgIpc) is 3.02. The summed E-state index contributed by atoms with van der Waals surface area (Å²) >= 11 is 5.74. The molecule has 0 aliphatic rings. The van der Waals surface area contributed by atoms with Crippen molar-refractivity contribution in [2.24, 2.45) is 4.99 Å². The topological polar surface area (TPSA) is 85.9 Å². The molecule has 6 heteroatoms. The lowest BCUT2D eigenvalue weighted by Crippen LogP contribution is -1.96. The zero-order valence-corrected chi connectivity index (χ0v) is 13.9. The number of furan rings is 1. The van der Waals surface area contributed by atoms with Crippen LogP contribution in [0.4, 0.5) is 5.69 Å². The standard InChI is InChI=1S/C19H14ClNO4/c1-11-8-12(19(23)24)2-5-15(11)18-7-4-14(25-18)10-21-16-6-3-13(20)9-17(16)22/h2-10,22H,1H3,(H,23,24)/p-1. The number of rotatable bonds is 4. The van der Waals surface area contributed by atoms with Gasteiger partial charge in [-0.05, 0) is 55.0 Å². The number of hydrogen-bond donors (Lipinski definition) is 1. The molecular weight excluding hydrogens is 342 g/mol. The van der Waals surface area contributed by atoms with Gasteiger partial charge in [0.2, 0.25) is 0 Å². The summed E-state index contributed by atoms with van der Waals surface area (Å²) < 4.78 is 5.71. The fourth-order valence-corrected chi connectivity index (χ4v) is 2.53. The summed E-state index contributed by atoms with van der Waals surface area (Å²) in [6.07, 6.45) is 1.45. The van der Waals surface area contributed by atoms with Gasteiger partial charge in [-0.1, -0.05) is 23.4 Å².